The molecule has 0 unspecified atom stereocenters. The van der Waals surface area contributed by atoms with E-state index in [4.69, 9.17) is 4.74 Å². The van der Waals surface area contributed by atoms with Crippen LogP contribution < -0.4 is 0 Å². The van der Waals surface area contributed by atoms with Crippen LogP contribution in [0.2, 0.25) is 0 Å². The molecule has 0 N–H and O–H groups in total. The summed E-state index contributed by atoms with van der Waals surface area (Å²) in [4.78, 5) is 12.0. The number of alkyl halides is 3. The average Bonchev–Trinajstić information content (AvgIpc) is 2.75. The summed E-state index contributed by atoms with van der Waals surface area (Å²) in [6.45, 7) is 2.42. The molecule has 0 saturated carbocycles. The Kier molecular flexibility index (Phi) is 15.2. The Bertz CT molecular complexity index is 584. The van der Waals surface area contributed by atoms with Crippen LogP contribution in [0.5, 0.6) is 0 Å². The minimum atomic E-state index is -4.55. The van der Waals surface area contributed by atoms with Gasteiger partial charge in [0, 0.05) is 0 Å². The zero-order valence-electron chi connectivity index (χ0n) is 19.3. The summed E-state index contributed by atoms with van der Waals surface area (Å²) < 4.78 is 43.9. The first kappa shape index (κ1) is 27.5. The lowest BCUT2D eigenvalue weighted by Crippen LogP contribution is -2.15. The molecule has 0 fully saturated rings. The van der Waals surface area contributed by atoms with Gasteiger partial charge in [0.2, 0.25) is 0 Å². The van der Waals surface area contributed by atoms with E-state index in [9.17, 15) is 18.0 Å². The first-order chi connectivity index (χ1) is 15.0. The van der Waals surface area contributed by atoms with Gasteiger partial charge in [0.15, 0.2) is 0 Å². The molecular weight excluding hydrogens is 401 g/mol. The molecule has 0 amide bonds. The smallest absolute Gasteiger partial charge is 0.417 e. The fourth-order valence-corrected chi connectivity index (χ4v) is 3.80. The van der Waals surface area contributed by atoms with Crippen LogP contribution in [-0.4, -0.2) is 12.6 Å². The van der Waals surface area contributed by atoms with E-state index in [1.165, 1.54) is 102 Å². The van der Waals surface area contributed by atoms with Crippen molar-refractivity contribution in [2.75, 3.05) is 6.61 Å². The number of benzene rings is 1. The summed E-state index contributed by atoms with van der Waals surface area (Å²) in [5, 5.41) is 0. The molecule has 1 rings (SSSR count). The molecule has 0 radical (unpaired) electrons. The maximum atomic E-state index is 12.9. The second-order valence-electron chi connectivity index (χ2n) is 8.48. The van der Waals surface area contributed by atoms with E-state index in [1.807, 2.05) is 0 Å². The number of carbonyl (C=O) groups is 1. The largest absolute Gasteiger partial charge is 0.462 e. The molecule has 1 aromatic rings. The van der Waals surface area contributed by atoms with Gasteiger partial charge in [-0.1, -0.05) is 115 Å². The monoisotopic (exact) mass is 442 g/mol. The molecule has 0 atom stereocenters. The number of esters is 1. The van der Waals surface area contributed by atoms with Crippen LogP contribution in [-0.2, 0) is 10.9 Å². The summed E-state index contributed by atoms with van der Waals surface area (Å²) in [6, 6.07) is 4.76. The van der Waals surface area contributed by atoms with Gasteiger partial charge in [0.05, 0.1) is 17.7 Å². The van der Waals surface area contributed by atoms with Gasteiger partial charge in [-0.15, -0.1) is 0 Å². The molecular formula is C26H41F3O2. The van der Waals surface area contributed by atoms with Crippen molar-refractivity contribution >= 4 is 5.97 Å². The summed E-state index contributed by atoms with van der Waals surface area (Å²) in [7, 11) is 0. The summed E-state index contributed by atoms with van der Waals surface area (Å²) in [5.41, 5.74) is -1.35. The number of ether oxygens (including phenoxy) is 1. The summed E-state index contributed by atoms with van der Waals surface area (Å²) in [5.74, 6) is -0.895. The van der Waals surface area contributed by atoms with Crippen molar-refractivity contribution in [2.45, 2.75) is 116 Å². The van der Waals surface area contributed by atoms with Gasteiger partial charge in [-0.3, -0.25) is 0 Å². The van der Waals surface area contributed by atoms with Gasteiger partial charge >= 0.3 is 12.1 Å². The van der Waals surface area contributed by atoms with E-state index in [-0.39, 0.29) is 6.61 Å². The molecule has 0 saturated heterocycles. The zero-order valence-corrected chi connectivity index (χ0v) is 19.3. The second kappa shape index (κ2) is 17.1. The fraction of sp³-hybridized carbons (Fsp3) is 0.731. The second-order valence-corrected chi connectivity index (χ2v) is 8.48. The SMILES string of the molecule is CCCCCCCCCCCCCCCCCCOC(=O)c1ccccc1C(F)(F)F. The van der Waals surface area contributed by atoms with Crippen molar-refractivity contribution in [2.24, 2.45) is 0 Å². The number of rotatable bonds is 18. The molecule has 0 spiro atoms. The molecule has 1 aromatic carbocycles. The molecule has 0 bridgehead atoms. The Balaban J connectivity index is 1.94. The van der Waals surface area contributed by atoms with Crippen molar-refractivity contribution in [3.05, 3.63) is 35.4 Å². The van der Waals surface area contributed by atoms with Crippen LogP contribution in [0.3, 0.4) is 0 Å². The maximum Gasteiger partial charge on any atom is 0.417 e. The third kappa shape index (κ3) is 13.5. The van der Waals surface area contributed by atoms with E-state index in [2.05, 4.69) is 6.92 Å². The highest BCUT2D eigenvalue weighted by Crippen LogP contribution is 2.32. The Morgan fingerprint density at radius 1 is 0.710 bits per heavy atom. The Morgan fingerprint density at radius 2 is 1.13 bits per heavy atom. The van der Waals surface area contributed by atoms with Gasteiger partial charge in [-0.05, 0) is 18.6 Å². The Hall–Kier alpha value is -1.52. The lowest BCUT2D eigenvalue weighted by molar-refractivity contribution is -0.138. The maximum absolute atomic E-state index is 12.9. The molecule has 178 valence electrons. The number of carbonyl (C=O) groups excluding carboxylic acids is 1. The summed E-state index contributed by atoms with van der Waals surface area (Å²) in [6.07, 6.45) is 15.5. The van der Waals surface area contributed by atoms with Crippen molar-refractivity contribution < 1.29 is 22.7 Å². The van der Waals surface area contributed by atoms with Crippen LogP contribution in [0.4, 0.5) is 13.2 Å². The van der Waals surface area contributed by atoms with Gasteiger partial charge in [0.25, 0.3) is 0 Å². The Labute approximate surface area is 187 Å². The van der Waals surface area contributed by atoms with Gasteiger partial charge in [-0.25, -0.2) is 4.79 Å². The topological polar surface area (TPSA) is 26.3 Å². The highest BCUT2D eigenvalue weighted by atomic mass is 19.4. The molecule has 5 heteroatoms. The number of hydrogen-bond donors (Lipinski definition) is 0. The molecule has 0 aliphatic rings. The molecule has 0 aliphatic heterocycles. The number of halogens is 3. The predicted molar refractivity (Wildman–Crippen MR) is 121 cm³/mol. The third-order valence-corrected chi connectivity index (χ3v) is 5.68. The van der Waals surface area contributed by atoms with Crippen LogP contribution in [0.1, 0.15) is 126 Å². The molecule has 0 aliphatic carbocycles. The van der Waals surface area contributed by atoms with E-state index >= 15 is 0 Å². The minimum Gasteiger partial charge on any atom is -0.462 e. The standard InChI is InChI=1S/C26H41F3O2/c1-2-3-4-5-6-7-8-9-10-11-12-13-14-15-16-19-22-31-25(30)23-20-17-18-21-24(23)26(27,28)29/h17-18,20-21H,2-16,19,22H2,1H3. The first-order valence-corrected chi connectivity index (χ1v) is 12.3. The predicted octanol–water partition coefficient (Wildman–Crippen LogP) is 9.12. The van der Waals surface area contributed by atoms with E-state index < -0.39 is 23.3 Å². The van der Waals surface area contributed by atoms with Crippen LogP contribution in [0.15, 0.2) is 24.3 Å². The van der Waals surface area contributed by atoms with Crippen LogP contribution in [0.25, 0.3) is 0 Å². The highest BCUT2D eigenvalue weighted by molar-refractivity contribution is 5.91. The quantitative estimate of drug-likeness (QED) is 0.167. The lowest BCUT2D eigenvalue weighted by atomic mass is 10.0. The third-order valence-electron chi connectivity index (χ3n) is 5.68. The lowest BCUT2D eigenvalue weighted by Gasteiger charge is -2.12. The fourth-order valence-electron chi connectivity index (χ4n) is 3.80. The average molecular weight is 443 g/mol. The summed E-state index contributed by atoms with van der Waals surface area (Å²) >= 11 is 0. The number of unbranched alkanes of at least 4 members (excludes halogenated alkanes) is 15. The zero-order chi connectivity index (χ0) is 22.8. The van der Waals surface area contributed by atoms with E-state index in [0.29, 0.717) is 6.42 Å². The van der Waals surface area contributed by atoms with Crippen LogP contribution in [0, 0.1) is 0 Å². The van der Waals surface area contributed by atoms with Crippen molar-refractivity contribution in [1.29, 1.82) is 0 Å². The van der Waals surface area contributed by atoms with Gasteiger partial charge in [-0.2, -0.15) is 13.2 Å². The molecule has 0 aromatic heterocycles. The first-order valence-electron chi connectivity index (χ1n) is 12.3. The van der Waals surface area contributed by atoms with E-state index in [1.54, 1.807) is 0 Å². The normalized spacial score (nSPS) is 11.6. The minimum absolute atomic E-state index is 0.170. The van der Waals surface area contributed by atoms with Crippen molar-refractivity contribution in [3.63, 3.8) is 0 Å². The molecule has 2 nitrogen and oxygen atoms in total. The number of hydrogen-bond acceptors (Lipinski definition) is 2. The Morgan fingerprint density at radius 3 is 1.58 bits per heavy atom. The van der Waals surface area contributed by atoms with E-state index in [0.717, 1.165) is 18.9 Å². The molecule has 0 heterocycles. The van der Waals surface area contributed by atoms with Crippen molar-refractivity contribution in [3.8, 4) is 0 Å². The van der Waals surface area contributed by atoms with Gasteiger partial charge < -0.3 is 4.74 Å². The van der Waals surface area contributed by atoms with Gasteiger partial charge in [0.1, 0.15) is 0 Å². The van der Waals surface area contributed by atoms with Crippen LogP contribution >= 0.6 is 0 Å². The molecule has 31 heavy (non-hydrogen) atoms. The highest BCUT2D eigenvalue weighted by Gasteiger charge is 2.35. The van der Waals surface area contributed by atoms with Crippen molar-refractivity contribution in [1.82, 2.24) is 0 Å².